The summed E-state index contributed by atoms with van der Waals surface area (Å²) < 4.78 is 18.3. The Bertz CT molecular complexity index is 667. The molecule has 0 aliphatic carbocycles. The summed E-state index contributed by atoms with van der Waals surface area (Å²) in [4.78, 5) is 23.2. The van der Waals surface area contributed by atoms with E-state index in [-0.39, 0.29) is 5.78 Å². The summed E-state index contributed by atoms with van der Waals surface area (Å²) in [7, 11) is 0. The molecule has 108 valence electrons. The number of amides is 1. The van der Waals surface area contributed by atoms with Crippen molar-refractivity contribution in [1.82, 2.24) is 0 Å². The first kappa shape index (κ1) is 14.7. The van der Waals surface area contributed by atoms with Crippen molar-refractivity contribution >= 4 is 11.7 Å². The van der Waals surface area contributed by atoms with Gasteiger partial charge in [-0.3, -0.25) is 9.59 Å². The highest BCUT2D eigenvalue weighted by molar-refractivity contribution is 5.99. The summed E-state index contributed by atoms with van der Waals surface area (Å²) in [5.41, 5.74) is 5.84. The van der Waals surface area contributed by atoms with Crippen molar-refractivity contribution in [3.63, 3.8) is 0 Å². The molecule has 2 N–H and O–H groups in total. The van der Waals surface area contributed by atoms with Gasteiger partial charge in [0.1, 0.15) is 11.6 Å². The molecule has 5 heteroatoms. The number of carbonyl (C=O) groups excluding carboxylic acids is 2. The van der Waals surface area contributed by atoms with Gasteiger partial charge in [-0.05, 0) is 49.4 Å². The maximum Gasteiger partial charge on any atom is 0.248 e. The second-order valence-corrected chi connectivity index (χ2v) is 4.52. The van der Waals surface area contributed by atoms with Crippen LogP contribution in [0, 0.1) is 5.82 Å². The van der Waals surface area contributed by atoms with E-state index in [1.54, 1.807) is 25.1 Å². The molecule has 4 nitrogen and oxygen atoms in total. The molecule has 0 aliphatic rings. The van der Waals surface area contributed by atoms with Gasteiger partial charge in [0.25, 0.3) is 0 Å². The van der Waals surface area contributed by atoms with Crippen molar-refractivity contribution in [2.24, 2.45) is 5.73 Å². The van der Waals surface area contributed by atoms with Crippen molar-refractivity contribution in [2.45, 2.75) is 13.0 Å². The van der Waals surface area contributed by atoms with E-state index in [1.165, 1.54) is 30.3 Å². The second kappa shape index (κ2) is 6.17. The predicted octanol–water partition coefficient (Wildman–Crippen LogP) is 2.57. The molecule has 0 spiro atoms. The van der Waals surface area contributed by atoms with Crippen molar-refractivity contribution in [2.75, 3.05) is 0 Å². The lowest BCUT2D eigenvalue weighted by Crippen LogP contribution is -2.24. The predicted molar refractivity (Wildman–Crippen MR) is 75.8 cm³/mol. The Morgan fingerprint density at radius 1 is 1.10 bits per heavy atom. The van der Waals surface area contributed by atoms with Gasteiger partial charge in [-0.15, -0.1) is 0 Å². The topological polar surface area (TPSA) is 69.4 Å². The van der Waals surface area contributed by atoms with Gasteiger partial charge < -0.3 is 10.5 Å². The lowest BCUT2D eigenvalue weighted by molar-refractivity contribution is 0.0818. The zero-order valence-corrected chi connectivity index (χ0v) is 11.4. The van der Waals surface area contributed by atoms with Gasteiger partial charge in [-0.2, -0.15) is 0 Å². The van der Waals surface area contributed by atoms with Crippen LogP contribution in [0.3, 0.4) is 0 Å². The van der Waals surface area contributed by atoms with Gasteiger partial charge in [0.2, 0.25) is 11.7 Å². The summed E-state index contributed by atoms with van der Waals surface area (Å²) in [6, 6.07) is 11.5. The third-order valence-electron chi connectivity index (χ3n) is 2.93. The lowest BCUT2D eigenvalue weighted by Gasteiger charge is -2.14. The summed E-state index contributed by atoms with van der Waals surface area (Å²) >= 11 is 0. The zero-order valence-electron chi connectivity index (χ0n) is 11.4. The molecule has 0 bridgehead atoms. The number of carbonyl (C=O) groups is 2. The third kappa shape index (κ3) is 3.66. The highest BCUT2D eigenvalue weighted by Crippen LogP contribution is 2.16. The molecule has 1 amide bonds. The van der Waals surface area contributed by atoms with Crippen LogP contribution in [0.4, 0.5) is 4.39 Å². The molecule has 0 aliphatic heterocycles. The number of primary amides is 1. The second-order valence-electron chi connectivity index (χ2n) is 4.52. The van der Waals surface area contributed by atoms with E-state index in [4.69, 9.17) is 10.5 Å². The number of hydrogen-bond donors (Lipinski definition) is 1. The molecular weight excluding hydrogens is 273 g/mol. The van der Waals surface area contributed by atoms with Crippen LogP contribution in [0.2, 0.25) is 0 Å². The number of benzene rings is 2. The number of Topliss-reactive ketones (excluding diaryl/α,β-unsaturated/α-hetero) is 1. The fraction of sp³-hybridized carbons (Fsp3) is 0.125. The van der Waals surface area contributed by atoms with Crippen LogP contribution in [0.25, 0.3) is 0 Å². The van der Waals surface area contributed by atoms with Crippen LogP contribution in [0.1, 0.15) is 27.6 Å². The van der Waals surface area contributed by atoms with E-state index >= 15 is 0 Å². The first-order valence-electron chi connectivity index (χ1n) is 6.33. The van der Waals surface area contributed by atoms with Crippen LogP contribution < -0.4 is 10.5 Å². The molecule has 21 heavy (non-hydrogen) atoms. The van der Waals surface area contributed by atoms with E-state index < -0.39 is 17.8 Å². The minimum absolute atomic E-state index is 0.278. The average molecular weight is 287 g/mol. The van der Waals surface area contributed by atoms with Crippen molar-refractivity contribution in [3.8, 4) is 5.75 Å². The maximum absolute atomic E-state index is 12.8. The van der Waals surface area contributed by atoms with E-state index in [0.29, 0.717) is 16.9 Å². The summed E-state index contributed by atoms with van der Waals surface area (Å²) in [6.45, 7) is 1.59. The molecule has 1 unspecified atom stereocenters. The SMILES string of the molecule is CC(Oc1cccc(C(N)=O)c1)C(=O)c1ccc(F)cc1. The molecule has 0 aromatic heterocycles. The van der Waals surface area contributed by atoms with Gasteiger partial charge in [-0.25, -0.2) is 4.39 Å². The summed E-state index contributed by atoms with van der Waals surface area (Å²) in [6.07, 6.45) is -0.765. The molecule has 0 saturated heterocycles. The minimum Gasteiger partial charge on any atom is -0.483 e. The number of halogens is 1. The molecule has 1 atom stereocenters. The van der Waals surface area contributed by atoms with Crippen LogP contribution in [-0.2, 0) is 0 Å². The van der Waals surface area contributed by atoms with Crippen LogP contribution in [0.5, 0.6) is 5.75 Å². The Morgan fingerprint density at radius 3 is 2.38 bits per heavy atom. The Labute approximate surface area is 121 Å². The quantitative estimate of drug-likeness (QED) is 0.859. The molecular formula is C16H14FNO3. The van der Waals surface area contributed by atoms with Crippen molar-refractivity contribution in [1.29, 1.82) is 0 Å². The summed E-state index contributed by atoms with van der Waals surface area (Å²) in [5, 5.41) is 0. The molecule has 2 aromatic carbocycles. The van der Waals surface area contributed by atoms with E-state index in [1.807, 2.05) is 0 Å². The molecule has 0 heterocycles. The minimum atomic E-state index is -0.765. The third-order valence-corrected chi connectivity index (χ3v) is 2.93. The van der Waals surface area contributed by atoms with Gasteiger partial charge in [0.15, 0.2) is 6.10 Å². The fourth-order valence-corrected chi connectivity index (χ4v) is 1.83. The van der Waals surface area contributed by atoms with Crippen LogP contribution >= 0.6 is 0 Å². The van der Waals surface area contributed by atoms with Gasteiger partial charge in [0.05, 0.1) is 0 Å². The van der Waals surface area contributed by atoms with Crippen LogP contribution in [0.15, 0.2) is 48.5 Å². The zero-order chi connectivity index (χ0) is 15.4. The Balaban J connectivity index is 2.12. The number of ketones is 1. The average Bonchev–Trinajstić information content (AvgIpc) is 2.47. The number of rotatable bonds is 5. The first-order valence-corrected chi connectivity index (χ1v) is 6.33. The molecule has 2 aromatic rings. The smallest absolute Gasteiger partial charge is 0.248 e. The van der Waals surface area contributed by atoms with E-state index in [0.717, 1.165) is 0 Å². The number of hydrogen-bond acceptors (Lipinski definition) is 3. The highest BCUT2D eigenvalue weighted by atomic mass is 19.1. The van der Waals surface area contributed by atoms with E-state index in [9.17, 15) is 14.0 Å². The van der Waals surface area contributed by atoms with Crippen molar-refractivity contribution < 1.29 is 18.7 Å². The molecule has 0 radical (unpaired) electrons. The number of nitrogens with two attached hydrogens (primary N) is 1. The largest absolute Gasteiger partial charge is 0.483 e. The maximum atomic E-state index is 12.8. The molecule has 0 saturated carbocycles. The van der Waals surface area contributed by atoms with Crippen LogP contribution in [-0.4, -0.2) is 17.8 Å². The fourth-order valence-electron chi connectivity index (χ4n) is 1.83. The first-order chi connectivity index (χ1) is 9.97. The van der Waals surface area contributed by atoms with Gasteiger partial charge >= 0.3 is 0 Å². The Hall–Kier alpha value is -2.69. The standard InChI is InChI=1S/C16H14FNO3/c1-10(15(19)11-5-7-13(17)8-6-11)21-14-4-2-3-12(9-14)16(18)20/h2-10H,1H3,(H2,18,20). The van der Waals surface area contributed by atoms with Crippen molar-refractivity contribution in [3.05, 3.63) is 65.5 Å². The van der Waals surface area contributed by atoms with Gasteiger partial charge in [-0.1, -0.05) is 6.07 Å². The normalized spacial score (nSPS) is 11.7. The summed E-state index contributed by atoms with van der Waals surface area (Å²) in [5.74, 6) is -0.888. The van der Waals surface area contributed by atoms with Gasteiger partial charge in [0, 0.05) is 11.1 Å². The monoisotopic (exact) mass is 287 g/mol. The number of ether oxygens (including phenoxy) is 1. The Morgan fingerprint density at radius 2 is 1.76 bits per heavy atom. The molecule has 0 fully saturated rings. The van der Waals surface area contributed by atoms with E-state index in [2.05, 4.69) is 0 Å². The highest BCUT2D eigenvalue weighted by Gasteiger charge is 2.17. The molecule has 2 rings (SSSR count). The Kier molecular flexibility index (Phi) is 4.33. The lowest BCUT2D eigenvalue weighted by atomic mass is 10.1.